The average molecular weight is 391 g/mol. The van der Waals surface area contributed by atoms with E-state index in [2.05, 4.69) is 23.6 Å². The summed E-state index contributed by atoms with van der Waals surface area (Å²) >= 11 is 0. The maximum absolute atomic E-state index is 12.6. The fourth-order valence-electron chi connectivity index (χ4n) is 2.77. The van der Waals surface area contributed by atoms with Crippen LogP contribution < -0.4 is 4.74 Å². The minimum absolute atomic E-state index is 0.0712. The fraction of sp³-hybridized carbons (Fsp3) is 0.261. The second-order valence-electron chi connectivity index (χ2n) is 6.73. The minimum atomic E-state index is -0.181. The van der Waals surface area contributed by atoms with Crippen LogP contribution in [0.25, 0.3) is 11.4 Å². The van der Waals surface area contributed by atoms with Crippen molar-refractivity contribution in [2.45, 2.75) is 26.8 Å². The maximum Gasteiger partial charge on any atom is 0.261 e. The Labute approximate surface area is 170 Å². The number of hydrogen-bond donors (Lipinski definition) is 0. The summed E-state index contributed by atoms with van der Waals surface area (Å²) in [6.45, 7) is 8.32. The lowest BCUT2D eigenvalue weighted by Gasteiger charge is -2.19. The molecule has 6 nitrogen and oxygen atoms in total. The summed E-state index contributed by atoms with van der Waals surface area (Å²) < 4.78 is 11.0. The molecule has 1 aromatic heterocycles. The first-order chi connectivity index (χ1) is 14.1. The summed E-state index contributed by atoms with van der Waals surface area (Å²) in [5.41, 5.74) is 3.24. The number of carbonyl (C=O) groups excluding carboxylic acids is 1. The van der Waals surface area contributed by atoms with Gasteiger partial charge in [0.2, 0.25) is 11.7 Å². The van der Waals surface area contributed by atoms with Gasteiger partial charge in [-0.15, -0.1) is 6.58 Å². The van der Waals surface area contributed by atoms with Gasteiger partial charge in [0, 0.05) is 12.1 Å². The predicted octanol–water partition coefficient (Wildman–Crippen LogP) is 4.20. The van der Waals surface area contributed by atoms with Gasteiger partial charge in [0.15, 0.2) is 6.61 Å². The number of amides is 1. The van der Waals surface area contributed by atoms with Crippen molar-refractivity contribution in [1.82, 2.24) is 15.0 Å². The highest BCUT2D eigenvalue weighted by molar-refractivity contribution is 5.77. The van der Waals surface area contributed by atoms with Crippen LogP contribution in [0, 0.1) is 6.92 Å². The van der Waals surface area contributed by atoms with Crippen LogP contribution in [0.5, 0.6) is 5.75 Å². The number of hydrogen-bond acceptors (Lipinski definition) is 5. The van der Waals surface area contributed by atoms with Gasteiger partial charge in [0.1, 0.15) is 12.3 Å². The zero-order chi connectivity index (χ0) is 20.6. The van der Waals surface area contributed by atoms with E-state index in [0.29, 0.717) is 24.0 Å². The van der Waals surface area contributed by atoms with E-state index >= 15 is 0 Å². The molecule has 0 radical (unpaired) electrons. The quantitative estimate of drug-likeness (QED) is 0.511. The van der Waals surface area contributed by atoms with Crippen LogP contribution in [0.2, 0.25) is 0 Å². The number of carbonyl (C=O) groups is 1. The topological polar surface area (TPSA) is 68.5 Å². The van der Waals surface area contributed by atoms with Gasteiger partial charge in [-0.2, -0.15) is 4.98 Å². The Kier molecular flexibility index (Phi) is 6.79. The van der Waals surface area contributed by atoms with Gasteiger partial charge in [-0.25, -0.2) is 0 Å². The zero-order valence-corrected chi connectivity index (χ0v) is 16.8. The van der Waals surface area contributed by atoms with Crippen LogP contribution in [0.4, 0.5) is 0 Å². The van der Waals surface area contributed by atoms with Crippen LogP contribution in [0.3, 0.4) is 0 Å². The Hall–Kier alpha value is -3.41. The highest BCUT2D eigenvalue weighted by Crippen LogP contribution is 2.17. The standard InChI is InChI=1S/C23H25N3O3/c1-4-14-26(22(27)16-28-20-12-8-18(5-2)9-13-20)15-21-24-23(25-29-21)19-10-6-17(3)7-11-19/h4,6-13H,1,5,14-16H2,2-3H3. The molecule has 3 rings (SSSR count). The molecular weight excluding hydrogens is 366 g/mol. The van der Waals surface area contributed by atoms with E-state index in [-0.39, 0.29) is 19.1 Å². The summed E-state index contributed by atoms with van der Waals surface area (Å²) in [5, 5.41) is 4.02. The van der Waals surface area contributed by atoms with E-state index in [0.717, 1.165) is 17.5 Å². The molecule has 0 aliphatic carbocycles. The second kappa shape index (κ2) is 9.68. The number of aromatic nitrogens is 2. The van der Waals surface area contributed by atoms with Gasteiger partial charge >= 0.3 is 0 Å². The predicted molar refractivity (Wildman–Crippen MR) is 111 cm³/mol. The van der Waals surface area contributed by atoms with Gasteiger partial charge in [-0.1, -0.05) is 60.1 Å². The van der Waals surface area contributed by atoms with E-state index in [9.17, 15) is 4.79 Å². The van der Waals surface area contributed by atoms with Gasteiger partial charge in [0.05, 0.1) is 0 Å². The zero-order valence-electron chi connectivity index (χ0n) is 16.8. The maximum atomic E-state index is 12.6. The molecule has 3 aromatic rings. The van der Waals surface area contributed by atoms with E-state index in [1.165, 1.54) is 5.56 Å². The van der Waals surface area contributed by atoms with Crippen molar-refractivity contribution in [3.05, 3.63) is 78.2 Å². The molecule has 150 valence electrons. The van der Waals surface area contributed by atoms with E-state index in [4.69, 9.17) is 9.26 Å². The van der Waals surface area contributed by atoms with Crippen molar-refractivity contribution in [3.63, 3.8) is 0 Å². The molecule has 0 fully saturated rings. The lowest BCUT2D eigenvalue weighted by atomic mass is 10.1. The fourth-order valence-corrected chi connectivity index (χ4v) is 2.77. The molecule has 0 unspecified atom stereocenters. The van der Waals surface area contributed by atoms with E-state index < -0.39 is 0 Å². The third-order valence-corrected chi connectivity index (χ3v) is 4.50. The molecule has 29 heavy (non-hydrogen) atoms. The third-order valence-electron chi connectivity index (χ3n) is 4.50. The Morgan fingerprint density at radius 1 is 1.17 bits per heavy atom. The number of rotatable bonds is 9. The highest BCUT2D eigenvalue weighted by atomic mass is 16.5. The van der Waals surface area contributed by atoms with E-state index in [1.807, 2.05) is 55.5 Å². The van der Waals surface area contributed by atoms with Crippen molar-refractivity contribution >= 4 is 5.91 Å². The molecule has 0 aliphatic rings. The lowest BCUT2D eigenvalue weighted by molar-refractivity contribution is -0.133. The minimum Gasteiger partial charge on any atom is -0.484 e. The van der Waals surface area contributed by atoms with Crippen molar-refractivity contribution in [2.75, 3.05) is 13.2 Å². The average Bonchev–Trinajstić information content (AvgIpc) is 3.21. The molecule has 6 heteroatoms. The van der Waals surface area contributed by atoms with Crippen molar-refractivity contribution in [3.8, 4) is 17.1 Å². The smallest absolute Gasteiger partial charge is 0.261 e. The molecule has 0 saturated heterocycles. The summed E-state index contributed by atoms with van der Waals surface area (Å²) in [4.78, 5) is 18.6. The van der Waals surface area contributed by atoms with Gasteiger partial charge in [-0.05, 0) is 31.0 Å². The Balaban J connectivity index is 1.62. The number of ether oxygens (including phenoxy) is 1. The molecule has 1 amide bonds. The molecule has 0 aliphatic heterocycles. The van der Waals surface area contributed by atoms with Gasteiger partial charge in [-0.3, -0.25) is 4.79 Å². The molecular formula is C23H25N3O3. The van der Waals surface area contributed by atoms with Crippen LogP contribution in [0.1, 0.15) is 23.9 Å². The molecule has 0 spiro atoms. The summed E-state index contributed by atoms with van der Waals surface area (Å²) in [5.74, 6) is 1.34. The first kappa shape index (κ1) is 20.3. The Morgan fingerprint density at radius 2 is 1.90 bits per heavy atom. The second-order valence-corrected chi connectivity index (χ2v) is 6.73. The van der Waals surface area contributed by atoms with Crippen molar-refractivity contribution < 1.29 is 14.1 Å². The molecule has 0 atom stereocenters. The van der Waals surface area contributed by atoms with Crippen LogP contribution in [0.15, 0.2) is 65.7 Å². The SMILES string of the molecule is C=CCN(Cc1nc(-c2ccc(C)cc2)no1)C(=O)COc1ccc(CC)cc1. The lowest BCUT2D eigenvalue weighted by Crippen LogP contribution is -2.34. The molecule has 0 saturated carbocycles. The van der Waals surface area contributed by atoms with Crippen molar-refractivity contribution in [1.29, 1.82) is 0 Å². The van der Waals surface area contributed by atoms with Crippen LogP contribution in [-0.4, -0.2) is 34.1 Å². The van der Waals surface area contributed by atoms with Gasteiger partial charge < -0.3 is 14.2 Å². The van der Waals surface area contributed by atoms with Gasteiger partial charge in [0.25, 0.3) is 5.91 Å². The monoisotopic (exact) mass is 391 g/mol. The van der Waals surface area contributed by atoms with E-state index in [1.54, 1.807) is 11.0 Å². The highest BCUT2D eigenvalue weighted by Gasteiger charge is 2.18. The Morgan fingerprint density at radius 3 is 2.55 bits per heavy atom. The molecule has 2 aromatic carbocycles. The number of aryl methyl sites for hydroxylation is 2. The molecule has 0 N–H and O–H groups in total. The third kappa shape index (κ3) is 5.54. The summed E-state index contributed by atoms with van der Waals surface area (Å²) in [6.07, 6.45) is 2.62. The van der Waals surface area contributed by atoms with Crippen LogP contribution >= 0.6 is 0 Å². The molecule has 1 heterocycles. The summed E-state index contributed by atoms with van der Waals surface area (Å²) in [7, 11) is 0. The van der Waals surface area contributed by atoms with Crippen molar-refractivity contribution in [2.24, 2.45) is 0 Å². The first-order valence-electron chi connectivity index (χ1n) is 9.59. The normalized spacial score (nSPS) is 10.6. The summed E-state index contributed by atoms with van der Waals surface area (Å²) in [6, 6.07) is 15.6. The van der Waals surface area contributed by atoms with Crippen LogP contribution in [-0.2, 0) is 17.8 Å². The number of benzene rings is 2. The first-order valence-corrected chi connectivity index (χ1v) is 9.59. The number of nitrogens with zero attached hydrogens (tertiary/aromatic N) is 3. The Bertz CT molecular complexity index is 946. The molecule has 0 bridgehead atoms. The largest absolute Gasteiger partial charge is 0.484 e.